The third-order valence-corrected chi connectivity index (χ3v) is 6.50. The molecule has 0 saturated heterocycles. The monoisotopic (exact) mass is 500 g/mol. The number of amides is 3. The Balaban J connectivity index is 1.94. The summed E-state index contributed by atoms with van der Waals surface area (Å²) in [5.41, 5.74) is 2.46. The van der Waals surface area contributed by atoms with E-state index in [1.54, 1.807) is 30.3 Å². The first kappa shape index (κ1) is 21.3. The number of rotatable bonds is 3. The van der Waals surface area contributed by atoms with E-state index in [4.69, 9.17) is 16.9 Å². The van der Waals surface area contributed by atoms with Crippen molar-refractivity contribution in [1.82, 2.24) is 14.4 Å². The lowest BCUT2D eigenvalue weighted by Gasteiger charge is -2.36. The van der Waals surface area contributed by atoms with Crippen LogP contribution >= 0.6 is 27.5 Å². The number of hydrogen-bond acceptors (Lipinski definition) is 4. The molecule has 0 N–H and O–H groups in total. The van der Waals surface area contributed by atoms with Crippen molar-refractivity contribution in [2.45, 2.75) is 32.0 Å². The van der Waals surface area contributed by atoms with Crippen LogP contribution in [0.2, 0.25) is 0 Å². The van der Waals surface area contributed by atoms with Crippen molar-refractivity contribution in [2.75, 3.05) is 7.05 Å². The maximum absolute atomic E-state index is 13.5. The van der Waals surface area contributed by atoms with E-state index in [0.29, 0.717) is 11.1 Å². The van der Waals surface area contributed by atoms with Crippen LogP contribution in [0.4, 0.5) is 0 Å². The van der Waals surface area contributed by atoms with Gasteiger partial charge in [0, 0.05) is 13.1 Å². The molecule has 158 valence electrons. The van der Waals surface area contributed by atoms with Crippen LogP contribution < -0.4 is 0 Å². The van der Waals surface area contributed by atoms with Crippen LogP contribution in [0.15, 0.2) is 46.0 Å². The van der Waals surface area contributed by atoms with E-state index >= 15 is 0 Å². The summed E-state index contributed by atoms with van der Waals surface area (Å²) >= 11 is 9.65. The number of aromatic nitrogens is 1. The minimum atomic E-state index is -1.03. The number of fused-ring (bicyclic) bond motifs is 1. The molecule has 2 aromatic rings. The third-order valence-electron chi connectivity index (χ3n) is 5.60. The number of carbonyl (C=O) groups excluding carboxylic acids is 3. The fourth-order valence-electron chi connectivity index (χ4n) is 4.16. The van der Waals surface area contributed by atoms with Crippen LogP contribution in [0.3, 0.4) is 0 Å². The lowest BCUT2D eigenvalue weighted by molar-refractivity contribution is -0.144. The van der Waals surface area contributed by atoms with Crippen molar-refractivity contribution in [3.63, 3.8) is 0 Å². The normalized spacial score (nSPS) is 20.9. The van der Waals surface area contributed by atoms with Gasteiger partial charge >= 0.3 is 0 Å². The number of halogens is 2. The molecular formula is C22H18BrClN4O3. The van der Waals surface area contributed by atoms with Gasteiger partial charge in [0.1, 0.15) is 11.1 Å². The van der Waals surface area contributed by atoms with Crippen molar-refractivity contribution >= 4 is 45.3 Å². The van der Waals surface area contributed by atoms with Gasteiger partial charge in [0.25, 0.3) is 17.7 Å². The molecule has 0 spiro atoms. The predicted molar refractivity (Wildman–Crippen MR) is 117 cm³/mol. The SMILES string of the molecule is CC(C)n1c(Br)cc2c1C(c1ccc(C#N)cc1)N(C1C=C(Cl)C(=O)N(C)C1=O)C2=O. The van der Waals surface area contributed by atoms with Crippen molar-refractivity contribution in [1.29, 1.82) is 5.26 Å². The van der Waals surface area contributed by atoms with Crippen molar-refractivity contribution in [2.24, 2.45) is 0 Å². The van der Waals surface area contributed by atoms with Gasteiger partial charge in [-0.2, -0.15) is 5.26 Å². The minimum Gasteiger partial charge on any atom is -0.334 e. The quantitative estimate of drug-likeness (QED) is 0.600. The van der Waals surface area contributed by atoms with Gasteiger partial charge in [-0.25, -0.2) is 0 Å². The fraction of sp³-hybridized carbons (Fsp3) is 0.273. The van der Waals surface area contributed by atoms with E-state index in [0.717, 1.165) is 20.8 Å². The molecule has 0 saturated carbocycles. The number of carbonyl (C=O) groups is 3. The molecule has 0 aliphatic carbocycles. The highest BCUT2D eigenvalue weighted by atomic mass is 79.9. The first-order valence-electron chi connectivity index (χ1n) is 9.60. The Morgan fingerprint density at radius 2 is 1.77 bits per heavy atom. The summed E-state index contributed by atoms with van der Waals surface area (Å²) in [6.07, 6.45) is 1.33. The van der Waals surface area contributed by atoms with E-state index in [2.05, 4.69) is 22.0 Å². The molecule has 0 fully saturated rings. The molecule has 0 radical (unpaired) electrons. The zero-order chi connectivity index (χ0) is 22.6. The van der Waals surface area contributed by atoms with Crippen molar-refractivity contribution in [3.8, 4) is 6.07 Å². The number of nitriles is 1. The smallest absolute Gasteiger partial charge is 0.271 e. The second-order valence-electron chi connectivity index (χ2n) is 7.74. The Hall–Kier alpha value is -2.89. The first-order chi connectivity index (χ1) is 14.7. The van der Waals surface area contributed by atoms with Crippen LogP contribution in [-0.2, 0) is 9.59 Å². The largest absolute Gasteiger partial charge is 0.334 e. The highest BCUT2D eigenvalue weighted by Gasteiger charge is 2.48. The van der Waals surface area contributed by atoms with Gasteiger partial charge in [-0.3, -0.25) is 19.3 Å². The summed E-state index contributed by atoms with van der Waals surface area (Å²) in [7, 11) is 1.35. The Morgan fingerprint density at radius 1 is 1.13 bits per heavy atom. The molecule has 2 unspecified atom stereocenters. The van der Waals surface area contributed by atoms with E-state index in [1.165, 1.54) is 18.0 Å². The maximum Gasteiger partial charge on any atom is 0.271 e. The van der Waals surface area contributed by atoms with Crippen molar-refractivity contribution < 1.29 is 14.4 Å². The molecule has 4 rings (SSSR count). The molecule has 3 amide bonds. The van der Waals surface area contributed by atoms with Gasteiger partial charge < -0.3 is 9.47 Å². The van der Waals surface area contributed by atoms with E-state index in [1.807, 2.05) is 18.4 Å². The van der Waals surface area contributed by atoms with E-state index < -0.39 is 23.9 Å². The van der Waals surface area contributed by atoms with E-state index in [9.17, 15) is 14.4 Å². The highest BCUT2D eigenvalue weighted by Crippen LogP contribution is 2.45. The van der Waals surface area contributed by atoms with Crippen LogP contribution in [0.25, 0.3) is 0 Å². The van der Waals surface area contributed by atoms with Crippen LogP contribution in [0.5, 0.6) is 0 Å². The van der Waals surface area contributed by atoms with Gasteiger partial charge in [-0.05, 0) is 59.6 Å². The van der Waals surface area contributed by atoms with Gasteiger partial charge in [-0.15, -0.1) is 0 Å². The topological polar surface area (TPSA) is 86.4 Å². The molecule has 0 bridgehead atoms. The Morgan fingerprint density at radius 3 is 2.35 bits per heavy atom. The fourth-order valence-corrected chi connectivity index (χ4v) is 5.23. The van der Waals surface area contributed by atoms with E-state index in [-0.39, 0.29) is 17.0 Å². The third kappa shape index (κ3) is 3.20. The summed E-state index contributed by atoms with van der Waals surface area (Å²) in [6.45, 7) is 4.01. The second kappa shape index (κ2) is 7.66. The Kier molecular flexibility index (Phi) is 5.28. The second-order valence-corrected chi connectivity index (χ2v) is 8.96. The zero-order valence-electron chi connectivity index (χ0n) is 17.0. The first-order valence-corrected chi connectivity index (χ1v) is 10.8. The molecule has 31 heavy (non-hydrogen) atoms. The number of nitrogens with zero attached hydrogens (tertiary/aromatic N) is 4. The van der Waals surface area contributed by atoms with Crippen LogP contribution in [-0.4, -0.2) is 45.2 Å². The number of hydrogen-bond donors (Lipinski definition) is 0. The molecule has 9 heteroatoms. The molecule has 3 heterocycles. The molecular weight excluding hydrogens is 484 g/mol. The summed E-state index contributed by atoms with van der Waals surface area (Å²) in [5, 5.41) is 9.05. The van der Waals surface area contributed by atoms with Crippen LogP contribution in [0, 0.1) is 11.3 Å². The zero-order valence-corrected chi connectivity index (χ0v) is 19.3. The lowest BCUT2D eigenvalue weighted by atomic mass is 9.99. The summed E-state index contributed by atoms with van der Waals surface area (Å²) in [6, 6.07) is 9.15. The Labute approximate surface area is 192 Å². The van der Waals surface area contributed by atoms with Crippen molar-refractivity contribution in [3.05, 3.63) is 68.4 Å². The summed E-state index contributed by atoms with van der Waals surface area (Å²) in [4.78, 5) is 41.1. The maximum atomic E-state index is 13.5. The molecule has 2 aliphatic rings. The molecule has 1 aromatic heterocycles. The average Bonchev–Trinajstić information content (AvgIpc) is 3.22. The van der Waals surface area contributed by atoms with Crippen LogP contribution in [0.1, 0.15) is 53.1 Å². The molecule has 2 atom stereocenters. The number of benzene rings is 1. The lowest BCUT2D eigenvalue weighted by Crippen LogP contribution is -2.52. The van der Waals surface area contributed by atoms with Gasteiger partial charge in [0.15, 0.2) is 0 Å². The molecule has 1 aromatic carbocycles. The minimum absolute atomic E-state index is 0.0391. The Bertz CT molecular complexity index is 1190. The highest BCUT2D eigenvalue weighted by molar-refractivity contribution is 9.10. The summed E-state index contributed by atoms with van der Waals surface area (Å²) < 4.78 is 2.76. The molecule has 2 aliphatic heterocycles. The number of likely N-dealkylation sites (N-methyl/N-ethyl adjacent to an activating group) is 1. The molecule has 7 nitrogen and oxygen atoms in total. The van der Waals surface area contributed by atoms with Gasteiger partial charge in [0.2, 0.25) is 0 Å². The standard InChI is InChI=1S/C22H18BrClN4O3/c1-11(2)27-17(23)8-14-19(27)18(13-6-4-12(10-25)5-7-13)28(20(14)29)16-9-15(24)21(30)26(3)22(16)31/h4-9,11,16,18H,1-3H3. The predicted octanol–water partition coefficient (Wildman–Crippen LogP) is 3.74. The number of imide groups is 1. The van der Waals surface area contributed by atoms with Gasteiger partial charge in [-0.1, -0.05) is 23.7 Å². The average molecular weight is 502 g/mol. The van der Waals surface area contributed by atoms with Gasteiger partial charge in [0.05, 0.1) is 33.5 Å². The summed E-state index contributed by atoms with van der Waals surface area (Å²) in [5.74, 6) is -1.45.